The van der Waals surface area contributed by atoms with Crippen LogP contribution in [0.4, 0.5) is 0 Å². The summed E-state index contributed by atoms with van der Waals surface area (Å²) < 4.78 is 4.80. The Bertz CT molecular complexity index is 1900. The largest absolute Gasteiger partial charge is 0.343 e. The lowest BCUT2D eigenvalue weighted by Crippen LogP contribution is -2.38. The Morgan fingerprint density at radius 2 is 1.76 bits per heavy atom. The number of aryl methyl sites for hydroxylation is 1. The standard InChI is InChI=1S/C32H25N3OS/c1-2-18-34-20-23(24-13-8-9-15-27(24)34)19-28-31(36)35-30(22-11-4-3-5-12-22)26-17-16-21-10-6-7-14-25(21)29(26)33-32(35)37-28/h2-15,19-20,30H,1,16-18H2/b28-19+/t30-/m1/s1. The molecule has 2 aromatic heterocycles. The van der Waals surface area contributed by atoms with Gasteiger partial charge in [0.1, 0.15) is 0 Å². The van der Waals surface area contributed by atoms with E-state index in [2.05, 4.69) is 78.0 Å². The Balaban J connectivity index is 1.49. The Morgan fingerprint density at radius 3 is 2.62 bits per heavy atom. The van der Waals surface area contributed by atoms with Gasteiger partial charge < -0.3 is 4.57 Å². The Labute approximate surface area is 218 Å². The maximum Gasteiger partial charge on any atom is 0.271 e. The molecule has 0 radical (unpaired) electrons. The van der Waals surface area contributed by atoms with Crippen LogP contribution in [0.15, 0.2) is 113 Å². The van der Waals surface area contributed by atoms with E-state index >= 15 is 0 Å². The van der Waals surface area contributed by atoms with Crippen LogP contribution in [0, 0.1) is 0 Å². The van der Waals surface area contributed by atoms with Gasteiger partial charge in [-0.3, -0.25) is 9.36 Å². The molecule has 1 aliphatic heterocycles. The monoisotopic (exact) mass is 499 g/mol. The molecule has 0 amide bonds. The number of benzene rings is 3. The topological polar surface area (TPSA) is 39.3 Å². The van der Waals surface area contributed by atoms with Gasteiger partial charge in [-0.25, -0.2) is 4.99 Å². The fraction of sp³-hybridized carbons (Fsp3) is 0.125. The van der Waals surface area contributed by atoms with E-state index in [0.29, 0.717) is 4.53 Å². The summed E-state index contributed by atoms with van der Waals surface area (Å²) in [6, 6.07) is 27.1. The first-order valence-electron chi connectivity index (χ1n) is 12.6. The first-order valence-corrected chi connectivity index (χ1v) is 13.4. The summed E-state index contributed by atoms with van der Waals surface area (Å²) >= 11 is 1.48. The van der Waals surface area contributed by atoms with Gasteiger partial charge in [0, 0.05) is 34.8 Å². The molecule has 4 nitrogen and oxygen atoms in total. The lowest BCUT2D eigenvalue weighted by atomic mass is 9.83. The van der Waals surface area contributed by atoms with Crippen molar-refractivity contribution in [1.82, 2.24) is 9.13 Å². The van der Waals surface area contributed by atoms with Crippen molar-refractivity contribution in [2.75, 3.05) is 0 Å². The van der Waals surface area contributed by atoms with Crippen molar-refractivity contribution >= 4 is 34.0 Å². The van der Waals surface area contributed by atoms with Crippen molar-refractivity contribution in [3.8, 4) is 0 Å². The predicted octanol–water partition coefficient (Wildman–Crippen LogP) is 5.46. The molecule has 0 fully saturated rings. The number of nitrogens with zero attached hydrogens (tertiary/aromatic N) is 3. The molecule has 0 saturated carbocycles. The molecule has 0 N–H and O–H groups in total. The fourth-order valence-corrected chi connectivity index (χ4v) is 6.77. The average molecular weight is 500 g/mol. The molecule has 0 saturated heterocycles. The number of hydrogen-bond donors (Lipinski definition) is 0. The van der Waals surface area contributed by atoms with Gasteiger partial charge in [-0.05, 0) is 41.7 Å². The van der Waals surface area contributed by atoms with Gasteiger partial charge in [-0.1, -0.05) is 90.2 Å². The smallest absolute Gasteiger partial charge is 0.271 e. The molecule has 2 aliphatic rings. The lowest BCUT2D eigenvalue weighted by molar-refractivity contribution is 0.585. The molecular weight excluding hydrogens is 474 g/mol. The Hall–Kier alpha value is -4.22. The molecule has 0 bridgehead atoms. The second-order valence-electron chi connectivity index (χ2n) is 9.57. The van der Waals surface area contributed by atoms with E-state index < -0.39 is 0 Å². The highest BCUT2D eigenvalue weighted by atomic mass is 32.1. The van der Waals surface area contributed by atoms with E-state index in [-0.39, 0.29) is 11.6 Å². The number of allylic oxidation sites excluding steroid dienone is 2. The summed E-state index contributed by atoms with van der Waals surface area (Å²) in [4.78, 5) is 19.9. The summed E-state index contributed by atoms with van der Waals surface area (Å²) in [7, 11) is 0. The van der Waals surface area contributed by atoms with Crippen molar-refractivity contribution in [3.05, 3.63) is 145 Å². The van der Waals surface area contributed by atoms with Gasteiger partial charge >= 0.3 is 0 Å². The van der Waals surface area contributed by atoms with Crippen molar-refractivity contribution in [2.45, 2.75) is 25.4 Å². The minimum atomic E-state index is -0.148. The van der Waals surface area contributed by atoms with Crippen LogP contribution in [0.25, 0.3) is 22.7 Å². The summed E-state index contributed by atoms with van der Waals surface area (Å²) in [5, 5.41) is 1.13. The highest BCUT2D eigenvalue weighted by molar-refractivity contribution is 7.07. The Morgan fingerprint density at radius 1 is 0.973 bits per heavy atom. The van der Waals surface area contributed by atoms with Crippen LogP contribution in [0.1, 0.15) is 34.7 Å². The third-order valence-electron chi connectivity index (χ3n) is 7.42. The second kappa shape index (κ2) is 8.71. The molecule has 1 atom stereocenters. The van der Waals surface area contributed by atoms with E-state index in [4.69, 9.17) is 4.99 Å². The third-order valence-corrected chi connectivity index (χ3v) is 8.40. The quantitative estimate of drug-likeness (QED) is 0.303. The zero-order valence-corrected chi connectivity index (χ0v) is 21.1. The van der Waals surface area contributed by atoms with Crippen LogP contribution in [0.5, 0.6) is 0 Å². The first kappa shape index (κ1) is 22.0. The molecule has 1 aliphatic carbocycles. The minimum Gasteiger partial charge on any atom is -0.343 e. The van der Waals surface area contributed by atoms with Gasteiger partial charge in [-0.2, -0.15) is 0 Å². The average Bonchev–Trinajstić information content (AvgIpc) is 3.45. The highest BCUT2D eigenvalue weighted by Gasteiger charge is 2.32. The van der Waals surface area contributed by atoms with E-state index in [1.165, 1.54) is 28.0 Å². The van der Waals surface area contributed by atoms with E-state index in [9.17, 15) is 4.79 Å². The number of aromatic nitrogens is 2. The summed E-state index contributed by atoms with van der Waals surface area (Å²) in [6.45, 7) is 4.62. The SMILES string of the molecule is C=CCn1cc(/C=c2/sc3n(c2=O)[C@H](c2ccccc2)C2=C(N=3)c3ccccc3CC2)c2ccccc21. The summed E-state index contributed by atoms with van der Waals surface area (Å²) in [6.07, 6.45) is 7.90. The predicted molar refractivity (Wildman–Crippen MR) is 151 cm³/mol. The van der Waals surface area contributed by atoms with Crippen molar-refractivity contribution in [1.29, 1.82) is 0 Å². The molecule has 5 heteroatoms. The first-order chi connectivity index (χ1) is 18.2. The molecule has 5 aromatic rings. The molecule has 7 rings (SSSR count). The van der Waals surface area contributed by atoms with E-state index in [1.54, 1.807) is 0 Å². The molecule has 0 spiro atoms. The highest BCUT2D eigenvalue weighted by Crippen LogP contribution is 2.41. The number of hydrogen-bond acceptors (Lipinski definition) is 3. The summed E-state index contributed by atoms with van der Waals surface area (Å²) in [5.41, 5.74) is 8.09. The van der Waals surface area contributed by atoms with E-state index in [0.717, 1.165) is 51.9 Å². The zero-order chi connectivity index (χ0) is 24.9. The molecule has 3 aromatic carbocycles. The van der Waals surface area contributed by atoms with Gasteiger partial charge in [0.15, 0.2) is 4.80 Å². The number of fused-ring (bicyclic) bond motifs is 4. The third kappa shape index (κ3) is 3.50. The molecule has 0 unspecified atom stereocenters. The normalized spacial score (nSPS) is 16.8. The van der Waals surface area contributed by atoms with Crippen LogP contribution in [-0.4, -0.2) is 9.13 Å². The van der Waals surface area contributed by atoms with Crippen LogP contribution in [-0.2, 0) is 13.0 Å². The van der Waals surface area contributed by atoms with Gasteiger partial charge in [0.05, 0.1) is 16.3 Å². The lowest BCUT2D eigenvalue weighted by Gasteiger charge is -2.30. The van der Waals surface area contributed by atoms with Crippen molar-refractivity contribution in [2.24, 2.45) is 4.99 Å². The molecule has 3 heterocycles. The minimum absolute atomic E-state index is 0.0172. The van der Waals surface area contributed by atoms with Crippen LogP contribution >= 0.6 is 11.3 Å². The van der Waals surface area contributed by atoms with E-state index in [1.807, 2.05) is 34.9 Å². The molecule has 37 heavy (non-hydrogen) atoms. The Kier molecular flexibility index (Phi) is 5.18. The number of para-hydroxylation sites is 1. The summed E-state index contributed by atoms with van der Waals surface area (Å²) in [5.74, 6) is 0. The fourth-order valence-electron chi connectivity index (χ4n) is 5.78. The van der Waals surface area contributed by atoms with Gasteiger partial charge in [-0.15, -0.1) is 6.58 Å². The number of rotatable bonds is 4. The van der Waals surface area contributed by atoms with Gasteiger partial charge in [0.2, 0.25) is 0 Å². The van der Waals surface area contributed by atoms with Crippen molar-refractivity contribution in [3.63, 3.8) is 0 Å². The van der Waals surface area contributed by atoms with Crippen LogP contribution in [0.3, 0.4) is 0 Å². The molecular formula is C32H25N3OS. The molecule has 180 valence electrons. The van der Waals surface area contributed by atoms with Crippen LogP contribution < -0.4 is 14.9 Å². The second-order valence-corrected chi connectivity index (χ2v) is 10.6. The maximum atomic E-state index is 14.0. The zero-order valence-electron chi connectivity index (χ0n) is 20.3. The number of thiazole rings is 1. The van der Waals surface area contributed by atoms with Crippen LogP contribution in [0.2, 0.25) is 0 Å². The van der Waals surface area contributed by atoms with Gasteiger partial charge in [0.25, 0.3) is 5.56 Å². The maximum absolute atomic E-state index is 14.0. The van der Waals surface area contributed by atoms with Crippen molar-refractivity contribution < 1.29 is 0 Å².